The molecule has 0 radical (unpaired) electrons. The van der Waals surface area contributed by atoms with E-state index < -0.39 is 27.7 Å². The van der Waals surface area contributed by atoms with Crippen LogP contribution in [0.5, 0.6) is 5.75 Å². The number of nitrogens with one attached hydrogen (secondary N) is 2. The molecule has 0 aromatic heterocycles. The highest BCUT2D eigenvalue weighted by molar-refractivity contribution is 7.92. The number of benzene rings is 3. The van der Waals surface area contributed by atoms with Gasteiger partial charge in [-0.3, -0.25) is 14.3 Å². The van der Waals surface area contributed by atoms with Gasteiger partial charge in [0.05, 0.1) is 10.6 Å². The van der Waals surface area contributed by atoms with E-state index >= 15 is 0 Å². The van der Waals surface area contributed by atoms with Gasteiger partial charge in [-0.1, -0.05) is 24.3 Å². The molecule has 32 heavy (non-hydrogen) atoms. The highest BCUT2D eigenvalue weighted by Crippen LogP contribution is 2.25. The molecule has 3 rings (SSSR count). The minimum Gasteiger partial charge on any atom is -0.484 e. The number of ether oxygens (including phenoxy) is 1. The van der Waals surface area contributed by atoms with E-state index in [9.17, 15) is 22.4 Å². The monoisotopic (exact) mass is 457 g/mol. The second-order valence-corrected chi connectivity index (χ2v) is 8.45. The van der Waals surface area contributed by atoms with Crippen molar-refractivity contribution in [2.75, 3.05) is 16.6 Å². The van der Waals surface area contributed by atoms with Crippen LogP contribution >= 0.6 is 0 Å². The van der Waals surface area contributed by atoms with E-state index in [1.165, 1.54) is 42.5 Å². The van der Waals surface area contributed by atoms with Crippen LogP contribution in [0.2, 0.25) is 0 Å². The third kappa shape index (κ3) is 5.61. The van der Waals surface area contributed by atoms with Crippen LogP contribution in [-0.4, -0.2) is 26.8 Å². The van der Waals surface area contributed by atoms with E-state index in [0.29, 0.717) is 5.56 Å². The van der Waals surface area contributed by atoms with Crippen molar-refractivity contribution in [3.8, 4) is 5.75 Å². The Bertz CT molecular complexity index is 1280. The third-order valence-electron chi connectivity index (χ3n) is 4.33. The van der Waals surface area contributed by atoms with E-state index in [4.69, 9.17) is 10.5 Å². The van der Waals surface area contributed by atoms with Crippen LogP contribution in [0.15, 0.2) is 71.6 Å². The molecule has 3 aromatic rings. The van der Waals surface area contributed by atoms with Crippen molar-refractivity contribution in [3.05, 3.63) is 83.7 Å². The zero-order valence-corrected chi connectivity index (χ0v) is 17.8. The summed E-state index contributed by atoms with van der Waals surface area (Å²) in [4.78, 5) is 23.3. The van der Waals surface area contributed by atoms with Crippen LogP contribution in [0.1, 0.15) is 15.9 Å². The molecule has 0 aliphatic heterocycles. The topological polar surface area (TPSA) is 128 Å². The summed E-state index contributed by atoms with van der Waals surface area (Å²) in [7, 11) is -4.12. The number of nitrogens with two attached hydrogens (primary N) is 1. The summed E-state index contributed by atoms with van der Waals surface area (Å²) in [5, 5.41) is 2.61. The van der Waals surface area contributed by atoms with Gasteiger partial charge in [-0.15, -0.1) is 0 Å². The van der Waals surface area contributed by atoms with Gasteiger partial charge in [-0.2, -0.15) is 0 Å². The number of hydrogen-bond acceptors (Lipinski definition) is 5. The van der Waals surface area contributed by atoms with Crippen molar-refractivity contribution in [2.45, 2.75) is 11.8 Å². The maximum atomic E-state index is 13.9. The van der Waals surface area contributed by atoms with Crippen molar-refractivity contribution in [2.24, 2.45) is 5.73 Å². The molecule has 10 heteroatoms. The van der Waals surface area contributed by atoms with E-state index in [-0.39, 0.29) is 34.2 Å². The van der Waals surface area contributed by atoms with Gasteiger partial charge in [-0.25, -0.2) is 12.8 Å². The van der Waals surface area contributed by atoms with E-state index in [1.807, 2.05) is 0 Å². The molecule has 8 nitrogen and oxygen atoms in total. The van der Waals surface area contributed by atoms with Crippen molar-refractivity contribution in [1.82, 2.24) is 0 Å². The minimum atomic E-state index is -4.12. The molecule has 0 aliphatic rings. The van der Waals surface area contributed by atoms with Gasteiger partial charge in [0.15, 0.2) is 6.61 Å². The van der Waals surface area contributed by atoms with Crippen LogP contribution in [0, 0.1) is 12.7 Å². The highest BCUT2D eigenvalue weighted by atomic mass is 32.2. The zero-order valence-electron chi connectivity index (χ0n) is 17.0. The van der Waals surface area contributed by atoms with Gasteiger partial charge in [-0.05, 0) is 55.0 Å². The van der Waals surface area contributed by atoms with Crippen LogP contribution in [0.4, 0.5) is 15.8 Å². The highest BCUT2D eigenvalue weighted by Gasteiger charge is 2.20. The Morgan fingerprint density at radius 1 is 1.03 bits per heavy atom. The standard InChI is InChI=1S/C22H20FN3O5S/c1-14-9-10-16(12-20(14)32(29,30)26-19-8-3-2-7-18(19)23)25-22(28)15-5-4-6-17(11-15)31-13-21(24)27/h2-12,26H,13H2,1H3,(H2,24,27)(H,25,28). The second-order valence-electron chi connectivity index (χ2n) is 6.80. The number of hydrogen-bond donors (Lipinski definition) is 3. The Morgan fingerprint density at radius 2 is 1.78 bits per heavy atom. The molecule has 0 unspecified atom stereocenters. The maximum Gasteiger partial charge on any atom is 0.262 e. The first-order valence-electron chi connectivity index (χ1n) is 9.36. The van der Waals surface area contributed by atoms with E-state index in [1.54, 1.807) is 25.1 Å². The van der Waals surface area contributed by atoms with Crippen LogP contribution in [0.3, 0.4) is 0 Å². The fourth-order valence-corrected chi connectivity index (χ4v) is 4.13. The Hall–Kier alpha value is -3.92. The SMILES string of the molecule is Cc1ccc(NC(=O)c2cccc(OCC(N)=O)c2)cc1S(=O)(=O)Nc1ccccc1F. The number of amides is 2. The van der Waals surface area contributed by atoms with Crippen molar-refractivity contribution in [3.63, 3.8) is 0 Å². The Morgan fingerprint density at radius 3 is 2.50 bits per heavy atom. The molecule has 4 N–H and O–H groups in total. The van der Waals surface area contributed by atoms with E-state index in [2.05, 4.69) is 10.0 Å². The molecular formula is C22H20FN3O5S. The second kappa shape index (κ2) is 9.48. The molecule has 2 amide bonds. The van der Waals surface area contributed by atoms with Gasteiger partial charge < -0.3 is 15.8 Å². The Balaban J connectivity index is 1.81. The van der Waals surface area contributed by atoms with Crippen LogP contribution in [-0.2, 0) is 14.8 Å². The Kier molecular flexibility index (Phi) is 6.74. The molecular weight excluding hydrogens is 437 g/mol. The van der Waals surface area contributed by atoms with Crippen molar-refractivity contribution in [1.29, 1.82) is 0 Å². The molecule has 0 fully saturated rings. The first kappa shape index (κ1) is 22.8. The van der Waals surface area contributed by atoms with Crippen LogP contribution < -0.4 is 20.5 Å². The molecule has 0 saturated heterocycles. The van der Waals surface area contributed by atoms with Gasteiger partial charge >= 0.3 is 0 Å². The van der Waals surface area contributed by atoms with Crippen LogP contribution in [0.25, 0.3) is 0 Å². The average Bonchev–Trinajstić information content (AvgIpc) is 2.75. The smallest absolute Gasteiger partial charge is 0.262 e. The lowest BCUT2D eigenvalue weighted by Crippen LogP contribution is -2.20. The number of carbonyl (C=O) groups excluding carboxylic acids is 2. The molecule has 166 valence electrons. The average molecular weight is 457 g/mol. The number of halogens is 1. The summed E-state index contributed by atoms with van der Waals surface area (Å²) < 4.78 is 46.9. The predicted molar refractivity (Wildman–Crippen MR) is 117 cm³/mol. The number of rotatable bonds is 8. The lowest BCUT2D eigenvalue weighted by atomic mass is 10.2. The quantitative estimate of drug-likeness (QED) is 0.479. The summed E-state index contributed by atoms with van der Waals surface area (Å²) in [5.41, 5.74) is 5.71. The summed E-state index contributed by atoms with van der Waals surface area (Å²) in [6, 6.07) is 15.8. The number of para-hydroxylation sites is 1. The fraction of sp³-hybridized carbons (Fsp3) is 0.0909. The number of primary amides is 1. The van der Waals surface area contributed by atoms with Gasteiger partial charge in [0.25, 0.3) is 21.8 Å². The van der Waals surface area contributed by atoms with Gasteiger partial charge in [0.1, 0.15) is 11.6 Å². The summed E-state index contributed by atoms with van der Waals surface area (Å²) in [5.74, 6) is -1.62. The van der Waals surface area contributed by atoms with Gasteiger partial charge in [0.2, 0.25) is 0 Å². The number of anilines is 2. The van der Waals surface area contributed by atoms with Crippen molar-refractivity contribution >= 4 is 33.2 Å². The summed E-state index contributed by atoms with van der Waals surface area (Å²) in [6.45, 7) is 1.25. The van der Waals surface area contributed by atoms with Gasteiger partial charge in [0, 0.05) is 11.3 Å². The lowest BCUT2D eigenvalue weighted by Gasteiger charge is -2.13. The molecule has 3 aromatic carbocycles. The molecule has 0 bridgehead atoms. The number of aryl methyl sites for hydroxylation is 1. The first-order valence-corrected chi connectivity index (χ1v) is 10.8. The Labute approximate surface area is 184 Å². The summed E-state index contributed by atoms with van der Waals surface area (Å²) in [6.07, 6.45) is 0. The molecule has 0 atom stereocenters. The molecule has 0 heterocycles. The normalized spacial score (nSPS) is 10.9. The lowest BCUT2D eigenvalue weighted by molar-refractivity contribution is -0.119. The maximum absolute atomic E-state index is 13.9. The molecule has 0 aliphatic carbocycles. The fourth-order valence-electron chi connectivity index (χ4n) is 2.80. The minimum absolute atomic E-state index is 0.114. The third-order valence-corrected chi connectivity index (χ3v) is 5.84. The summed E-state index contributed by atoms with van der Waals surface area (Å²) >= 11 is 0. The number of carbonyl (C=O) groups is 2. The largest absolute Gasteiger partial charge is 0.484 e. The van der Waals surface area contributed by atoms with E-state index in [0.717, 1.165) is 6.07 Å². The van der Waals surface area contributed by atoms with Crippen molar-refractivity contribution < 1.29 is 27.1 Å². The molecule has 0 spiro atoms. The predicted octanol–water partition coefficient (Wildman–Crippen LogP) is 3.05. The zero-order chi connectivity index (χ0) is 23.3. The first-order chi connectivity index (χ1) is 15.2. The molecule has 0 saturated carbocycles. The number of sulfonamides is 1.